The molecule has 0 aliphatic heterocycles. The van der Waals surface area contributed by atoms with Gasteiger partial charge in [0.2, 0.25) is 5.91 Å². The summed E-state index contributed by atoms with van der Waals surface area (Å²) >= 11 is 0. The molecular formula is C29H55N2O5P. The van der Waals surface area contributed by atoms with Crippen LogP contribution < -0.4 is 10.4 Å². The van der Waals surface area contributed by atoms with E-state index in [0.29, 0.717) is 41.9 Å². The molecule has 37 heavy (non-hydrogen) atoms. The molecule has 7 atom stereocenters. The monoisotopic (exact) mass is 542 g/mol. The van der Waals surface area contributed by atoms with Gasteiger partial charge in [-0.1, -0.05) is 68.2 Å². The van der Waals surface area contributed by atoms with Gasteiger partial charge in [0.25, 0.3) is 8.53 Å². The lowest BCUT2D eigenvalue weighted by Crippen LogP contribution is -2.45. The smallest absolute Gasteiger partial charge is 0.328 e. The number of carbonyl (C=O) groups excluding carboxylic acids is 2. The van der Waals surface area contributed by atoms with Crippen molar-refractivity contribution in [3.63, 3.8) is 0 Å². The van der Waals surface area contributed by atoms with Crippen molar-refractivity contribution in [1.82, 2.24) is 10.4 Å². The molecule has 2 saturated carbocycles. The van der Waals surface area contributed by atoms with E-state index in [1.54, 1.807) is 0 Å². The molecule has 1 amide bonds. The standard InChI is InChI=1S/C29H55N2O5P/c1-18(2)14-25(29(33)34-9)31-28(32)17-30-37(35-26-15-21(7)10-12-23(26)19(3)4)36-27-16-22(8)11-13-24(27)20(5)6/h18-27,30H,10-17H2,1-9H3,(H,31,32)/t21-,22-,23+,24+,25+,26-,27-/m1/s1. The molecular weight excluding hydrogens is 487 g/mol. The average molecular weight is 543 g/mol. The maximum atomic E-state index is 12.9. The van der Waals surface area contributed by atoms with Crippen LogP contribution in [0.5, 0.6) is 0 Å². The lowest BCUT2D eigenvalue weighted by atomic mass is 9.75. The first-order chi connectivity index (χ1) is 17.4. The molecule has 2 fully saturated rings. The third kappa shape index (κ3) is 10.7. The van der Waals surface area contributed by atoms with Gasteiger partial charge in [0.15, 0.2) is 0 Å². The van der Waals surface area contributed by atoms with E-state index in [2.05, 4.69) is 51.9 Å². The van der Waals surface area contributed by atoms with Crippen molar-refractivity contribution in [2.75, 3.05) is 13.7 Å². The van der Waals surface area contributed by atoms with Crippen LogP contribution in [0.2, 0.25) is 0 Å². The highest BCUT2D eigenvalue weighted by Gasteiger charge is 2.38. The SMILES string of the molecule is COC(=O)[C@H](CC(C)C)NC(=O)CNP(O[C@@H]1C[C@H](C)CC[C@H]1C(C)C)O[C@@H]1C[C@H](C)CC[C@H]1C(C)C. The van der Waals surface area contributed by atoms with Crippen molar-refractivity contribution in [3.8, 4) is 0 Å². The number of amides is 1. The maximum absolute atomic E-state index is 12.9. The molecule has 2 rings (SSSR count). The third-order valence-electron chi connectivity index (χ3n) is 8.28. The summed E-state index contributed by atoms with van der Waals surface area (Å²) in [5.74, 6) is 2.88. The van der Waals surface area contributed by atoms with Crippen molar-refractivity contribution < 1.29 is 23.4 Å². The molecule has 0 saturated heterocycles. The van der Waals surface area contributed by atoms with Gasteiger partial charge < -0.3 is 19.1 Å². The third-order valence-corrected chi connectivity index (χ3v) is 9.62. The van der Waals surface area contributed by atoms with E-state index in [4.69, 9.17) is 13.8 Å². The van der Waals surface area contributed by atoms with Gasteiger partial charge in [-0.15, -0.1) is 0 Å². The van der Waals surface area contributed by atoms with Crippen LogP contribution in [0.3, 0.4) is 0 Å². The zero-order valence-corrected chi connectivity index (χ0v) is 25.8. The number of esters is 1. The van der Waals surface area contributed by atoms with Crippen LogP contribution >= 0.6 is 8.53 Å². The van der Waals surface area contributed by atoms with E-state index in [1.807, 2.05) is 13.8 Å². The zero-order valence-electron chi connectivity index (χ0n) is 24.9. The summed E-state index contributed by atoms with van der Waals surface area (Å²) in [6.07, 6.45) is 7.61. The first-order valence-electron chi connectivity index (χ1n) is 14.6. The minimum Gasteiger partial charge on any atom is -0.467 e. The summed E-state index contributed by atoms with van der Waals surface area (Å²) in [6.45, 7) is 17.8. The predicted octanol–water partition coefficient (Wildman–Crippen LogP) is 6.46. The lowest BCUT2D eigenvalue weighted by molar-refractivity contribution is -0.145. The fourth-order valence-electron chi connectivity index (χ4n) is 6.03. The topological polar surface area (TPSA) is 85.9 Å². The Balaban J connectivity index is 2.14. The van der Waals surface area contributed by atoms with Gasteiger partial charge in [0.1, 0.15) is 6.04 Å². The number of nitrogens with one attached hydrogen (secondary N) is 2. The Labute approximate surface area is 227 Å². The summed E-state index contributed by atoms with van der Waals surface area (Å²) in [6, 6.07) is -0.651. The van der Waals surface area contributed by atoms with Crippen LogP contribution in [-0.4, -0.2) is 43.8 Å². The molecule has 7 nitrogen and oxygen atoms in total. The number of ether oxygens (including phenoxy) is 1. The highest BCUT2D eigenvalue weighted by Crippen LogP contribution is 2.48. The van der Waals surface area contributed by atoms with E-state index >= 15 is 0 Å². The van der Waals surface area contributed by atoms with Crippen LogP contribution in [-0.2, 0) is 23.4 Å². The van der Waals surface area contributed by atoms with Crippen LogP contribution in [0.25, 0.3) is 0 Å². The number of methoxy groups -OCH3 is 1. The second-order valence-corrected chi connectivity index (χ2v) is 14.1. The predicted molar refractivity (Wildman–Crippen MR) is 151 cm³/mol. The largest absolute Gasteiger partial charge is 0.467 e. The maximum Gasteiger partial charge on any atom is 0.328 e. The number of rotatable bonds is 13. The average Bonchev–Trinajstić information content (AvgIpc) is 2.81. The van der Waals surface area contributed by atoms with E-state index in [-0.39, 0.29) is 30.6 Å². The summed E-state index contributed by atoms with van der Waals surface area (Å²) in [4.78, 5) is 25.1. The Morgan fingerprint density at radius 3 is 1.73 bits per heavy atom. The van der Waals surface area contributed by atoms with Crippen LogP contribution in [0, 0.1) is 41.4 Å². The molecule has 2 aliphatic carbocycles. The summed E-state index contributed by atoms with van der Waals surface area (Å²) < 4.78 is 18.4. The van der Waals surface area contributed by atoms with E-state index in [9.17, 15) is 9.59 Å². The van der Waals surface area contributed by atoms with Crippen molar-refractivity contribution in [2.24, 2.45) is 41.4 Å². The van der Waals surface area contributed by atoms with Crippen molar-refractivity contribution in [1.29, 1.82) is 0 Å². The Morgan fingerprint density at radius 1 is 0.838 bits per heavy atom. The first-order valence-corrected chi connectivity index (χ1v) is 15.8. The van der Waals surface area contributed by atoms with Crippen molar-refractivity contribution >= 4 is 20.4 Å². The first kappa shape index (κ1) is 32.5. The Bertz CT molecular complexity index is 670. The molecule has 0 aromatic carbocycles. The second kappa shape index (κ2) is 15.7. The number of hydrogen-bond donors (Lipinski definition) is 2. The lowest BCUT2D eigenvalue weighted by Gasteiger charge is -2.41. The quantitative estimate of drug-likeness (QED) is 0.205. The second-order valence-electron chi connectivity index (χ2n) is 12.8. The summed E-state index contributed by atoms with van der Waals surface area (Å²) in [7, 11) is -0.113. The fourth-order valence-corrected chi connectivity index (χ4v) is 7.47. The molecule has 2 N–H and O–H groups in total. The summed E-state index contributed by atoms with van der Waals surface area (Å²) in [5.41, 5.74) is 0. The van der Waals surface area contributed by atoms with Crippen LogP contribution in [0.1, 0.15) is 100 Å². The molecule has 2 aliphatic rings. The number of carbonyl (C=O) groups is 2. The van der Waals surface area contributed by atoms with Gasteiger partial charge >= 0.3 is 5.97 Å². The molecule has 0 radical (unpaired) electrons. The highest BCUT2D eigenvalue weighted by atomic mass is 31.2. The van der Waals surface area contributed by atoms with Crippen LogP contribution in [0.15, 0.2) is 0 Å². The molecule has 0 heterocycles. The zero-order chi connectivity index (χ0) is 27.7. The van der Waals surface area contributed by atoms with Gasteiger partial charge in [-0.3, -0.25) is 4.79 Å². The Kier molecular flexibility index (Phi) is 13.8. The van der Waals surface area contributed by atoms with Gasteiger partial charge in [-0.05, 0) is 73.5 Å². The summed E-state index contributed by atoms with van der Waals surface area (Å²) in [5, 5.41) is 6.19. The molecule has 216 valence electrons. The number of hydrogen-bond acceptors (Lipinski definition) is 6. The van der Waals surface area contributed by atoms with E-state index in [1.165, 1.54) is 20.0 Å². The van der Waals surface area contributed by atoms with Gasteiger partial charge in [0, 0.05) is 0 Å². The van der Waals surface area contributed by atoms with Gasteiger partial charge in [-0.2, -0.15) is 0 Å². The van der Waals surface area contributed by atoms with Gasteiger partial charge in [-0.25, -0.2) is 9.88 Å². The van der Waals surface area contributed by atoms with E-state index in [0.717, 1.165) is 25.7 Å². The molecule has 8 heteroatoms. The van der Waals surface area contributed by atoms with Gasteiger partial charge in [0.05, 0.1) is 25.9 Å². The van der Waals surface area contributed by atoms with E-state index < -0.39 is 20.5 Å². The molecule has 0 spiro atoms. The Hall–Kier alpha value is -0.750. The molecule has 0 aromatic rings. The molecule has 0 aromatic heterocycles. The van der Waals surface area contributed by atoms with Crippen molar-refractivity contribution in [2.45, 2.75) is 119 Å². The normalized spacial score (nSPS) is 29.6. The Morgan fingerprint density at radius 2 is 1.32 bits per heavy atom. The molecule has 0 bridgehead atoms. The fraction of sp³-hybridized carbons (Fsp3) is 0.931. The highest BCUT2D eigenvalue weighted by molar-refractivity contribution is 7.45. The van der Waals surface area contributed by atoms with Crippen LogP contribution in [0.4, 0.5) is 0 Å². The van der Waals surface area contributed by atoms with Crippen molar-refractivity contribution in [3.05, 3.63) is 0 Å². The molecule has 0 unspecified atom stereocenters. The minimum absolute atomic E-state index is 0.0422. The minimum atomic E-state index is -1.47.